The van der Waals surface area contributed by atoms with Crippen molar-refractivity contribution in [2.45, 2.75) is 60.7 Å². The molecule has 0 radical (unpaired) electrons. The second kappa shape index (κ2) is 6.98. The van der Waals surface area contributed by atoms with Gasteiger partial charge in [-0.15, -0.1) is 0 Å². The molecular formula is C17H25N5O2. The first-order valence-corrected chi connectivity index (χ1v) is 8.13. The van der Waals surface area contributed by atoms with E-state index in [1.54, 1.807) is 19.9 Å². The van der Waals surface area contributed by atoms with Gasteiger partial charge in [-0.25, -0.2) is 4.79 Å². The summed E-state index contributed by atoms with van der Waals surface area (Å²) in [5.74, 6) is -0.221. The van der Waals surface area contributed by atoms with Crippen LogP contribution in [0.4, 0.5) is 0 Å². The van der Waals surface area contributed by atoms with Crippen molar-refractivity contribution in [3.63, 3.8) is 0 Å². The molecule has 0 saturated heterocycles. The van der Waals surface area contributed by atoms with E-state index in [-0.39, 0.29) is 18.5 Å². The normalized spacial score (nSPS) is 12.2. The lowest BCUT2D eigenvalue weighted by atomic mass is 10.1. The third kappa shape index (κ3) is 3.55. The van der Waals surface area contributed by atoms with Gasteiger partial charge in [0.1, 0.15) is 6.54 Å². The summed E-state index contributed by atoms with van der Waals surface area (Å²) in [5.41, 5.74) is 3.96. The molecule has 1 amide bonds. The smallest absolute Gasteiger partial charge is 0.348 e. The van der Waals surface area contributed by atoms with Gasteiger partial charge in [0.2, 0.25) is 5.91 Å². The lowest BCUT2D eigenvalue weighted by Gasteiger charge is -2.16. The van der Waals surface area contributed by atoms with Crippen molar-refractivity contribution < 1.29 is 4.79 Å². The quantitative estimate of drug-likeness (QED) is 0.901. The van der Waals surface area contributed by atoms with Crippen molar-refractivity contribution in [3.8, 4) is 0 Å². The van der Waals surface area contributed by atoms with E-state index in [1.165, 1.54) is 4.57 Å². The highest BCUT2D eigenvalue weighted by Gasteiger charge is 2.19. The Balaban J connectivity index is 2.16. The lowest BCUT2D eigenvalue weighted by Crippen LogP contribution is -2.36. The van der Waals surface area contributed by atoms with Crippen molar-refractivity contribution in [2.24, 2.45) is 0 Å². The van der Waals surface area contributed by atoms with Crippen LogP contribution in [-0.2, 0) is 17.9 Å². The highest BCUT2D eigenvalue weighted by molar-refractivity contribution is 5.76. The number of carbonyl (C=O) groups is 1. The molecule has 1 unspecified atom stereocenters. The molecule has 0 saturated carbocycles. The van der Waals surface area contributed by atoms with E-state index in [0.717, 1.165) is 29.2 Å². The molecule has 0 aliphatic carbocycles. The summed E-state index contributed by atoms with van der Waals surface area (Å²) >= 11 is 0. The van der Waals surface area contributed by atoms with Gasteiger partial charge >= 0.3 is 5.69 Å². The summed E-state index contributed by atoms with van der Waals surface area (Å²) in [5, 5.41) is 7.43. The molecule has 2 aromatic heterocycles. The number of nitrogens with one attached hydrogen (secondary N) is 1. The van der Waals surface area contributed by atoms with Crippen LogP contribution >= 0.6 is 0 Å². The van der Waals surface area contributed by atoms with Gasteiger partial charge in [-0.05, 0) is 47.6 Å². The molecular weight excluding hydrogens is 306 g/mol. The van der Waals surface area contributed by atoms with Crippen LogP contribution < -0.4 is 11.0 Å². The van der Waals surface area contributed by atoms with Gasteiger partial charge in [-0.1, -0.05) is 0 Å². The number of aryl methyl sites for hydroxylation is 4. The number of hydrogen-bond acceptors (Lipinski definition) is 4. The first-order valence-electron chi connectivity index (χ1n) is 8.13. The molecule has 0 aromatic carbocycles. The van der Waals surface area contributed by atoms with Crippen LogP contribution in [0.15, 0.2) is 10.9 Å². The Hall–Kier alpha value is -2.44. The van der Waals surface area contributed by atoms with E-state index in [2.05, 4.69) is 15.4 Å². The Morgan fingerprint density at radius 1 is 1.29 bits per heavy atom. The van der Waals surface area contributed by atoms with Gasteiger partial charge in [0.15, 0.2) is 0 Å². The van der Waals surface area contributed by atoms with Crippen molar-refractivity contribution >= 4 is 5.91 Å². The van der Waals surface area contributed by atoms with Crippen LogP contribution in [0.1, 0.15) is 48.2 Å². The van der Waals surface area contributed by atoms with Gasteiger partial charge in [0.05, 0.1) is 11.7 Å². The zero-order valence-corrected chi connectivity index (χ0v) is 15.2. The molecule has 0 aliphatic heterocycles. The van der Waals surface area contributed by atoms with Crippen LogP contribution in [0.3, 0.4) is 0 Å². The van der Waals surface area contributed by atoms with Gasteiger partial charge in [0, 0.05) is 29.2 Å². The van der Waals surface area contributed by atoms with E-state index < -0.39 is 5.69 Å². The topological polar surface area (TPSA) is 81.8 Å². The second-order valence-electron chi connectivity index (χ2n) is 6.10. The second-order valence-corrected chi connectivity index (χ2v) is 6.10. The Morgan fingerprint density at radius 2 is 1.96 bits per heavy atom. The molecule has 2 rings (SSSR count). The monoisotopic (exact) mass is 331 g/mol. The molecule has 1 N–H and O–H groups in total. The molecule has 0 spiro atoms. The molecule has 2 aromatic rings. The number of amides is 1. The maximum Gasteiger partial charge on any atom is 0.348 e. The number of nitrogens with zero attached hydrogens (tertiary/aromatic N) is 4. The number of carbonyl (C=O) groups excluding carboxylic acids is 1. The van der Waals surface area contributed by atoms with Crippen LogP contribution in [0.5, 0.6) is 0 Å². The fraction of sp³-hybridized carbons (Fsp3) is 0.529. The first-order chi connectivity index (χ1) is 11.2. The van der Waals surface area contributed by atoms with E-state index >= 15 is 0 Å². The van der Waals surface area contributed by atoms with Crippen molar-refractivity contribution in [2.75, 3.05) is 0 Å². The summed E-state index contributed by atoms with van der Waals surface area (Å²) in [6.45, 7) is 12.2. The average molecular weight is 331 g/mol. The lowest BCUT2D eigenvalue weighted by molar-refractivity contribution is -0.122. The molecule has 0 aliphatic rings. The summed E-state index contributed by atoms with van der Waals surface area (Å²) < 4.78 is 3.30. The largest absolute Gasteiger partial charge is 0.348 e. The van der Waals surface area contributed by atoms with Crippen molar-refractivity contribution in [1.29, 1.82) is 0 Å². The predicted molar refractivity (Wildman–Crippen MR) is 91.9 cm³/mol. The third-order valence-corrected chi connectivity index (χ3v) is 4.20. The van der Waals surface area contributed by atoms with Gasteiger partial charge < -0.3 is 5.32 Å². The van der Waals surface area contributed by atoms with E-state index in [9.17, 15) is 9.59 Å². The number of hydrogen-bond donors (Lipinski definition) is 1. The molecule has 24 heavy (non-hydrogen) atoms. The summed E-state index contributed by atoms with van der Waals surface area (Å²) in [6, 6.07) is 1.62. The minimum Gasteiger partial charge on any atom is -0.348 e. The van der Waals surface area contributed by atoms with Crippen molar-refractivity contribution in [3.05, 3.63) is 44.9 Å². The Kier molecular flexibility index (Phi) is 5.21. The molecule has 7 heteroatoms. The van der Waals surface area contributed by atoms with Gasteiger partial charge in [-0.2, -0.15) is 10.1 Å². The maximum absolute atomic E-state index is 12.4. The zero-order valence-electron chi connectivity index (χ0n) is 15.2. The molecule has 7 nitrogen and oxygen atoms in total. The highest BCUT2D eigenvalue weighted by atomic mass is 16.2. The Bertz CT molecular complexity index is 819. The molecule has 1 atom stereocenters. The van der Waals surface area contributed by atoms with E-state index in [1.807, 2.05) is 32.4 Å². The fourth-order valence-electron chi connectivity index (χ4n) is 3.12. The van der Waals surface area contributed by atoms with Gasteiger partial charge in [-0.3, -0.25) is 14.0 Å². The number of aromatic nitrogens is 4. The summed E-state index contributed by atoms with van der Waals surface area (Å²) in [4.78, 5) is 28.2. The molecule has 130 valence electrons. The van der Waals surface area contributed by atoms with E-state index in [0.29, 0.717) is 5.69 Å². The standard InChI is InChI=1S/C17H25N5O2/c1-7-22-14(6)16(13(5)20-22)12(4)19-15(23)9-21-11(3)8-10(2)18-17(21)24/h8,12H,7,9H2,1-6H3,(H,19,23). The summed E-state index contributed by atoms with van der Waals surface area (Å²) in [6.07, 6.45) is 0. The molecule has 0 bridgehead atoms. The highest BCUT2D eigenvalue weighted by Crippen LogP contribution is 2.21. The minimum atomic E-state index is -0.401. The molecule has 0 fully saturated rings. The zero-order chi connectivity index (χ0) is 18.0. The Labute approximate surface area is 141 Å². The maximum atomic E-state index is 12.4. The van der Waals surface area contributed by atoms with Crippen LogP contribution in [0.2, 0.25) is 0 Å². The third-order valence-electron chi connectivity index (χ3n) is 4.20. The van der Waals surface area contributed by atoms with Gasteiger partial charge in [0.25, 0.3) is 0 Å². The van der Waals surface area contributed by atoms with Crippen LogP contribution in [0.25, 0.3) is 0 Å². The first kappa shape index (κ1) is 17.9. The fourth-order valence-corrected chi connectivity index (χ4v) is 3.12. The Morgan fingerprint density at radius 3 is 2.50 bits per heavy atom. The predicted octanol–water partition coefficient (Wildman–Crippen LogP) is 1.57. The average Bonchev–Trinajstić information content (AvgIpc) is 2.77. The molecule has 2 heterocycles. The van der Waals surface area contributed by atoms with Crippen LogP contribution in [-0.4, -0.2) is 25.2 Å². The van der Waals surface area contributed by atoms with Crippen LogP contribution in [0, 0.1) is 27.7 Å². The summed E-state index contributed by atoms with van der Waals surface area (Å²) in [7, 11) is 0. The van der Waals surface area contributed by atoms with E-state index in [4.69, 9.17) is 0 Å². The van der Waals surface area contributed by atoms with Crippen molar-refractivity contribution in [1.82, 2.24) is 24.6 Å². The minimum absolute atomic E-state index is 0.0394. The SMILES string of the molecule is CCn1nc(C)c(C(C)NC(=O)Cn2c(C)cc(C)nc2=O)c1C. The number of rotatable bonds is 5.